The number of hydrogen-bond donors (Lipinski definition) is 2. The molecule has 0 aliphatic heterocycles. The molecule has 0 aromatic carbocycles. The van der Waals surface area contributed by atoms with Crippen molar-refractivity contribution < 1.29 is 10.2 Å². The van der Waals surface area contributed by atoms with E-state index < -0.39 is 0 Å². The third-order valence-corrected chi connectivity index (χ3v) is 6.56. The summed E-state index contributed by atoms with van der Waals surface area (Å²) < 4.78 is 0. The lowest BCUT2D eigenvalue weighted by atomic mass is 9.59. The van der Waals surface area contributed by atoms with Crippen LogP contribution in [0.3, 0.4) is 0 Å². The van der Waals surface area contributed by atoms with E-state index in [1.165, 1.54) is 51.4 Å². The first kappa shape index (κ1) is 13.9. The van der Waals surface area contributed by atoms with Gasteiger partial charge in [0.05, 0.1) is 12.2 Å². The van der Waals surface area contributed by atoms with Gasteiger partial charge in [-0.1, -0.05) is 39.0 Å². The molecule has 3 rings (SSSR count). The van der Waals surface area contributed by atoms with Gasteiger partial charge in [-0.05, 0) is 49.4 Å². The van der Waals surface area contributed by atoms with Gasteiger partial charge in [0.25, 0.3) is 0 Å². The zero-order chi connectivity index (χ0) is 13.4. The fourth-order valence-corrected chi connectivity index (χ4v) is 5.41. The highest BCUT2D eigenvalue weighted by Crippen LogP contribution is 2.49. The highest BCUT2D eigenvalue weighted by atomic mass is 16.3. The molecule has 6 atom stereocenters. The van der Waals surface area contributed by atoms with Crippen molar-refractivity contribution >= 4 is 0 Å². The third kappa shape index (κ3) is 2.47. The maximum absolute atomic E-state index is 10.8. The molecule has 0 heterocycles. The van der Waals surface area contributed by atoms with Crippen molar-refractivity contribution in [1.82, 2.24) is 0 Å². The van der Waals surface area contributed by atoms with Crippen LogP contribution in [0.2, 0.25) is 0 Å². The standard InChI is InChI=1S/C17H30O2/c1-2-11-7-8-13-9-10-14(12-5-3-4-6-12)17(19)15(13)16(11)18/h11-19H,2-10H2,1H3/t11-,13?,14+,15?,16?,17?/m0/s1. The number of rotatable bonds is 2. The summed E-state index contributed by atoms with van der Waals surface area (Å²) in [6, 6.07) is 0. The zero-order valence-corrected chi connectivity index (χ0v) is 12.3. The summed E-state index contributed by atoms with van der Waals surface area (Å²) in [5.74, 6) is 2.42. The van der Waals surface area contributed by atoms with E-state index in [2.05, 4.69) is 6.92 Å². The lowest BCUT2D eigenvalue weighted by Crippen LogP contribution is -2.51. The topological polar surface area (TPSA) is 40.5 Å². The molecule has 0 saturated heterocycles. The summed E-state index contributed by atoms with van der Waals surface area (Å²) in [4.78, 5) is 0. The van der Waals surface area contributed by atoms with Gasteiger partial charge < -0.3 is 10.2 Å². The van der Waals surface area contributed by atoms with Gasteiger partial charge in [-0.15, -0.1) is 0 Å². The number of fused-ring (bicyclic) bond motifs is 1. The van der Waals surface area contributed by atoms with Crippen LogP contribution < -0.4 is 0 Å². The minimum absolute atomic E-state index is 0.179. The molecule has 3 fully saturated rings. The van der Waals surface area contributed by atoms with Crippen LogP contribution in [0.4, 0.5) is 0 Å². The summed E-state index contributed by atoms with van der Waals surface area (Å²) >= 11 is 0. The second-order valence-corrected chi connectivity index (χ2v) is 7.35. The van der Waals surface area contributed by atoms with E-state index in [0.29, 0.717) is 17.8 Å². The van der Waals surface area contributed by atoms with Crippen molar-refractivity contribution in [2.24, 2.45) is 29.6 Å². The molecule has 3 saturated carbocycles. The molecule has 110 valence electrons. The smallest absolute Gasteiger partial charge is 0.0626 e. The SMILES string of the molecule is CC[C@H]1CCC2CC[C@H](C3CCCC3)C(O)C2C1O. The average Bonchev–Trinajstić information content (AvgIpc) is 2.93. The predicted molar refractivity (Wildman–Crippen MR) is 76.7 cm³/mol. The molecular formula is C17H30O2. The summed E-state index contributed by atoms with van der Waals surface area (Å²) in [5, 5.41) is 21.5. The number of aliphatic hydroxyl groups is 2. The first-order valence-corrected chi connectivity index (χ1v) is 8.58. The Morgan fingerprint density at radius 1 is 0.789 bits per heavy atom. The first-order valence-electron chi connectivity index (χ1n) is 8.58. The van der Waals surface area contributed by atoms with Gasteiger partial charge in [0.2, 0.25) is 0 Å². The van der Waals surface area contributed by atoms with E-state index in [9.17, 15) is 10.2 Å². The quantitative estimate of drug-likeness (QED) is 0.804. The van der Waals surface area contributed by atoms with Crippen molar-refractivity contribution in [2.45, 2.75) is 76.9 Å². The number of aliphatic hydroxyl groups excluding tert-OH is 2. The van der Waals surface area contributed by atoms with E-state index in [4.69, 9.17) is 0 Å². The average molecular weight is 266 g/mol. The molecule has 4 unspecified atom stereocenters. The fourth-order valence-electron chi connectivity index (χ4n) is 5.41. The van der Waals surface area contributed by atoms with Gasteiger partial charge in [-0.25, -0.2) is 0 Å². The Hall–Kier alpha value is -0.0800. The largest absolute Gasteiger partial charge is 0.392 e. The number of hydrogen-bond acceptors (Lipinski definition) is 2. The van der Waals surface area contributed by atoms with Crippen LogP contribution in [0.25, 0.3) is 0 Å². The molecular weight excluding hydrogens is 236 g/mol. The van der Waals surface area contributed by atoms with Crippen LogP contribution in [0.5, 0.6) is 0 Å². The van der Waals surface area contributed by atoms with Crippen LogP contribution in [-0.2, 0) is 0 Å². The van der Waals surface area contributed by atoms with E-state index in [1.807, 2.05) is 0 Å². The summed E-state index contributed by atoms with van der Waals surface area (Å²) in [6.45, 7) is 2.18. The minimum Gasteiger partial charge on any atom is -0.392 e. The van der Waals surface area contributed by atoms with Crippen LogP contribution >= 0.6 is 0 Å². The first-order chi connectivity index (χ1) is 9.22. The predicted octanol–water partition coefficient (Wildman–Crippen LogP) is 3.36. The fraction of sp³-hybridized carbons (Fsp3) is 1.00. The van der Waals surface area contributed by atoms with Crippen molar-refractivity contribution in [2.75, 3.05) is 0 Å². The molecule has 0 aromatic rings. The maximum atomic E-state index is 10.8. The molecule has 0 aromatic heterocycles. The lowest BCUT2D eigenvalue weighted by Gasteiger charge is -2.49. The molecule has 19 heavy (non-hydrogen) atoms. The molecule has 0 radical (unpaired) electrons. The van der Waals surface area contributed by atoms with Crippen LogP contribution in [0, 0.1) is 29.6 Å². The van der Waals surface area contributed by atoms with Crippen molar-refractivity contribution in [3.05, 3.63) is 0 Å². The van der Waals surface area contributed by atoms with Gasteiger partial charge in [0, 0.05) is 5.92 Å². The Labute approximate surface area is 117 Å². The van der Waals surface area contributed by atoms with E-state index in [-0.39, 0.29) is 18.1 Å². The molecule has 0 bridgehead atoms. The van der Waals surface area contributed by atoms with Gasteiger partial charge in [-0.2, -0.15) is 0 Å². The van der Waals surface area contributed by atoms with Crippen molar-refractivity contribution in [3.63, 3.8) is 0 Å². The maximum Gasteiger partial charge on any atom is 0.0626 e. The molecule has 2 N–H and O–H groups in total. The Morgan fingerprint density at radius 3 is 2.16 bits per heavy atom. The van der Waals surface area contributed by atoms with Crippen molar-refractivity contribution in [3.8, 4) is 0 Å². The van der Waals surface area contributed by atoms with Gasteiger partial charge in [0.15, 0.2) is 0 Å². The summed E-state index contributed by atoms with van der Waals surface area (Å²) in [5.41, 5.74) is 0. The molecule has 2 heteroatoms. The minimum atomic E-state index is -0.247. The van der Waals surface area contributed by atoms with Crippen LogP contribution in [0.1, 0.15) is 64.7 Å². The van der Waals surface area contributed by atoms with Gasteiger partial charge in [0.1, 0.15) is 0 Å². The third-order valence-electron chi connectivity index (χ3n) is 6.56. The lowest BCUT2D eigenvalue weighted by molar-refractivity contribution is -0.125. The molecule has 2 nitrogen and oxygen atoms in total. The van der Waals surface area contributed by atoms with Crippen molar-refractivity contribution in [1.29, 1.82) is 0 Å². The normalized spacial score (nSPS) is 48.2. The van der Waals surface area contributed by atoms with Crippen LogP contribution in [-0.4, -0.2) is 22.4 Å². The second-order valence-electron chi connectivity index (χ2n) is 7.35. The Balaban J connectivity index is 1.73. The van der Waals surface area contributed by atoms with E-state index >= 15 is 0 Å². The van der Waals surface area contributed by atoms with Crippen LogP contribution in [0.15, 0.2) is 0 Å². The highest BCUT2D eigenvalue weighted by Gasteiger charge is 2.48. The second kappa shape index (κ2) is 5.73. The highest BCUT2D eigenvalue weighted by molar-refractivity contribution is 4.98. The van der Waals surface area contributed by atoms with E-state index in [1.54, 1.807) is 0 Å². The molecule has 0 amide bonds. The molecule has 3 aliphatic rings. The monoisotopic (exact) mass is 266 g/mol. The summed E-state index contributed by atoms with van der Waals surface area (Å²) in [6.07, 6.45) is 10.8. The Bertz CT molecular complexity index is 298. The summed E-state index contributed by atoms with van der Waals surface area (Å²) in [7, 11) is 0. The van der Waals surface area contributed by atoms with E-state index in [0.717, 1.165) is 12.3 Å². The molecule has 0 spiro atoms. The van der Waals surface area contributed by atoms with Gasteiger partial charge in [-0.3, -0.25) is 0 Å². The van der Waals surface area contributed by atoms with Gasteiger partial charge >= 0.3 is 0 Å². The zero-order valence-electron chi connectivity index (χ0n) is 12.3. The molecule has 3 aliphatic carbocycles. The Kier molecular flexibility index (Phi) is 4.19. The Morgan fingerprint density at radius 2 is 1.47 bits per heavy atom.